The van der Waals surface area contributed by atoms with E-state index in [-0.39, 0.29) is 0 Å². The molecule has 0 bridgehead atoms. The van der Waals surface area contributed by atoms with Gasteiger partial charge in [0.2, 0.25) is 0 Å². The first-order valence-corrected chi connectivity index (χ1v) is 6.00. The Balaban J connectivity index is 2.03. The van der Waals surface area contributed by atoms with Crippen molar-refractivity contribution in [2.75, 3.05) is 5.73 Å². The third-order valence-electron chi connectivity index (χ3n) is 3.42. The summed E-state index contributed by atoms with van der Waals surface area (Å²) in [6.07, 6.45) is 8.47. The number of nitrogens with two attached hydrogens (primary N) is 1. The average Bonchev–Trinajstić information content (AvgIpc) is 3.04. The van der Waals surface area contributed by atoms with Crippen LogP contribution in [0.4, 0.5) is 5.82 Å². The van der Waals surface area contributed by atoms with Crippen molar-refractivity contribution in [3.63, 3.8) is 0 Å². The average molecular weight is 203 g/mol. The highest BCUT2D eigenvalue weighted by atomic mass is 15.0. The maximum absolute atomic E-state index is 6.03. The van der Waals surface area contributed by atoms with E-state index in [0.29, 0.717) is 5.92 Å². The van der Waals surface area contributed by atoms with Gasteiger partial charge in [-0.05, 0) is 38.5 Å². The molecule has 2 aliphatic rings. The zero-order valence-electron chi connectivity index (χ0n) is 9.00. The first-order chi connectivity index (χ1) is 7.34. The largest absolute Gasteiger partial charge is 0.383 e. The molecule has 0 saturated heterocycles. The predicted octanol–water partition coefficient (Wildman–Crippen LogP) is 2.21. The topological polar surface area (TPSA) is 51.8 Å². The van der Waals surface area contributed by atoms with E-state index >= 15 is 0 Å². The molecule has 3 rings (SSSR count). The fourth-order valence-electron chi connectivity index (χ4n) is 2.34. The maximum atomic E-state index is 6.03. The van der Waals surface area contributed by atoms with E-state index in [1.54, 1.807) is 0 Å². The number of fused-ring (bicyclic) bond motifs is 1. The normalized spacial score (nSPS) is 20.8. The second kappa shape index (κ2) is 3.47. The summed E-state index contributed by atoms with van der Waals surface area (Å²) >= 11 is 0. The summed E-state index contributed by atoms with van der Waals surface area (Å²) in [6.45, 7) is 0. The molecule has 0 unspecified atom stereocenters. The molecule has 3 nitrogen and oxygen atoms in total. The van der Waals surface area contributed by atoms with Crippen molar-refractivity contribution in [1.82, 2.24) is 9.97 Å². The van der Waals surface area contributed by atoms with E-state index < -0.39 is 0 Å². The molecule has 0 amide bonds. The van der Waals surface area contributed by atoms with Crippen molar-refractivity contribution in [3.05, 3.63) is 17.1 Å². The highest BCUT2D eigenvalue weighted by Crippen LogP contribution is 2.39. The number of hydrogen-bond donors (Lipinski definition) is 1. The molecule has 80 valence electrons. The summed E-state index contributed by atoms with van der Waals surface area (Å²) in [7, 11) is 0. The fourth-order valence-corrected chi connectivity index (χ4v) is 2.34. The van der Waals surface area contributed by atoms with Crippen molar-refractivity contribution in [2.24, 2.45) is 0 Å². The molecule has 1 aromatic rings. The lowest BCUT2D eigenvalue weighted by molar-refractivity contribution is 0.708. The van der Waals surface area contributed by atoms with Gasteiger partial charge in [0.15, 0.2) is 0 Å². The van der Waals surface area contributed by atoms with Gasteiger partial charge in [0.05, 0.1) is 0 Å². The van der Waals surface area contributed by atoms with Crippen LogP contribution in [0, 0.1) is 0 Å². The SMILES string of the molecule is Nc1nc(C2CC2)nc2c1CCCCC2. The predicted molar refractivity (Wildman–Crippen MR) is 59.7 cm³/mol. The fraction of sp³-hybridized carbons (Fsp3) is 0.667. The van der Waals surface area contributed by atoms with Gasteiger partial charge in [-0.1, -0.05) is 6.42 Å². The molecule has 0 aliphatic heterocycles. The molecular formula is C12H17N3. The summed E-state index contributed by atoms with van der Waals surface area (Å²) < 4.78 is 0. The first-order valence-electron chi connectivity index (χ1n) is 6.00. The summed E-state index contributed by atoms with van der Waals surface area (Å²) in [5, 5.41) is 0. The van der Waals surface area contributed by atoms with Gasteiger partial charge < -0.3 is 5.73 Å². The van der Waals surface area contributed by atoms with Gasteiger partial charge in [-0.3, -0.25) is 0 Å². The molecule has 0 spiro atoms. The van der Waals surface area contributed by atoms with E-state index in [4.69, 9.17) is 10.7 Å². The van der Waals surface area contributed by atoms with Crippen LogP contribution in [0.5, 0.6) is 0 Å². The van der Waals surface area contributed by atoms with Gasteiger partial charge in [0.25, 0.3) is 0 Å². The molecular weight excluding hydrogens is 186 g/mol. The van der Waals surface area contributed by atoms with Crippen LogP contribution in [0.2, 0.25) is 0 Å². The van der Waals surface area contributed by atoms with Gasteiger partial charge >= 0.3 is 0 Å². The number of rotatable bonds is 1. The Bertz CT molecular complexity index is 383. The van der Waals surface area contributed by atoms with E-state index in [1.165, 1.54) is 43.4 Å². The molecule has 15 heavy (non-hydrogen) atoms. The van der Waals surface area contributed by atoms with Crippen molar-refractivity contribution in [1.29, 1.82) is 0 Å². The molecule has 1 saturated carbocycles. The van der Waals surface area contributed by atoms with Crippen molar-refractivity contribution < 1.29 is 0 Å². The van der Waals surface area contributed by atoms with Crippen molar-refractivity contribution in [2.45, 2.75) is 50.9 Å². The number of hydrogen-bond acceptors (Lipinski definition) is 3. The number of anilines is 1. The molecule has 1 fully saturated rings. The minimum atomic E-state index is 0.612. The van der Waals surface area contributed by atoms with Gasteiger partial charge in [0.1, 0.15) is 11.6 Å². The summed E-state index contributed by atoms with van der Waals surface area (Å²) in [5.74, 6) is 2.37. The molecule has 0 radical (unpaired) electrons. The lowest BCUT2D eigenvalue weighted by Crippen LogP contribution is -2.07. The highest BCUT2D eigenvalue weighted by molar-refractivity contribution is 5.43. The molecule has 1 aromatic heterocycles. The zero-order chi connectivity index (χ0) is 10.3. The number of aryl methyl sites for hydroxylation is 1. The Morgan fingerprint density at radius 1 is 1.00 bits per heavy atom. The molecule has 0 atom stereocenters. The second-order valence-electron chi connectivity index (χ2n) is 4.73. The quantitative estimate of drug-likeness (QED) is 0.712. The lowest BCUT2D eigenvalue weighted by atomic mass is 10.1. The van der Waals surface area contributed by atoms with E-state index in [0.717, 1.165) is 24.5 Å². The molecule has 0 aromatic carbocycles. The third kappa shape index (κ3) is 1.71. The van der Waals surface area contributed by atoms with E-state index in [1.807, 2.05) is 0 Å². The van der Waals surface area contributed by atoms with Gasteiger partial charge in [0, 0.05) is 17.2 Å². The summed E-state index contributed by atoms with van der Waals surface area (Å²) in [6, 6.07) is 0. The molecule has 1 heterocycles. The van der Waals surface area contributed by atoms with Crippen LogP contribution in [-0.4, -0.2) is 9.97 Å². The lowest BCUT2D eigenvalue weighted by Gasteiger charge is -2.09. The van der Waals surface area contributed by atoms with Crippen LogP contribution in [0.15, 0.2) is 0 Å². The molecule has 3 heteroatoms. The number of nitrogen functional groups attached to an aromatic ring is 1. The Kier molecular flexibility index (Phi) is 2.11. The van der Waals surface area contributed by atoms with E-state index in [2.05, 4.69) is 4.98 Å². The molecule has 2 aliphatic carbocycles. The monoisotopic (exact) mass is 203 g/mol. The highest BCUT2D eigenvalue weighted by Gasteiger charge is 2.28. The Morgan fingerprint density at radius 3 is 2.60 bits per heavy atom. The van der Waals surface area contributed by atoms with Crippen LogP contribution in [0.1, 0.15) is 55.1 Å². The Morgan fingerprint density at radius 2 is 1.80 bits per heavy atom. The van der Waals surface area contributed by atoms with Gasteiger partial charge in [-0.25, -0.2) is 9.97 Å². The number of aromatic nitrogens is 2. The molecule has 2 N–H and O–H groups in total. The Labute approximate surface area is 90.1 Å². The van der Waals surface area contributed by atoms with Crippen molar-refractivity contribution >= 4 is 5.82 Å². The summed E-state index contributed by atoms with van der Waals surface area (Å²) in [4.78, 5) is 9.16. The minimum absolute atomic E-state index is 0.612. The number of nitrogens with zero attached hydrogens (tertiary/aromatic N) is 2. The summed E-state index contributed by atoms with van der Waals surface area (Å²) in [5.41, 5.74) is 8.50. The van der Waals surface area contributed by atoms with Crippen LogP contribution in [0.3, 0.4) is 0 Å². The second-order valence-corrected chi connectivity index (χ2v) is 4.73. The van der Waals surface area contributed by atoms with Crippen LogP contribution < -0.4 is 5.73 Å². The minimum Gasteiger partial charge on any atom is -0.383 e. The zero-order valence-corrected chi connectivity index (χ0v) is 9.00. The Hall–Kier alpha value is -1.12. The third-order valence-corrected chi connectivity index (χ3v) is 3.42. The van der Waals surface area contributed by atoms with Crippen LogP contribution in [-0.2, 0) is 12.8 Å². The maximum Gasteiger partial charge on any atom is 0.134 e. The van der Waals surface area contributed by atoms with Crippen LogP contribution >= 0.6 is 0 Å². The van der Waals surface area contributed by atoms with Crippen LogP contribution in [0.25, 0.3) is 0 Å². The van der Waals surface area contributed by atoms with E-state index in [9.17, 15) is 0 Å². The standard InChI is InChI=1S/C12H17N3/c13-11-9-4-2-1-3-5-10(9)14-12(15-11)8-6-7-8/h8H,1-7H2,(H2,13,14,15). The van der Waals surface area contributed by atoms with Gasteiger partial charge in [-0.2, -0.15) is 0 Å². The van der Waals surface area contributed by atoms with Crippen molar-refractivity contribution in [3.8, 4) is 0 Å². The van der Waals surface area contributed by atoms with Gasteiger partial charge in [-0.15, -0.1) is 0 Å². The smallest absolute Gasteiger partial charge is 0.134 e. The first kappa shape index (κ1) is 9.13.